The number of hydrogen-bond acceptors (Lipinski definition) is 4. The van der Waals surface area contributed by atoms with Crippen LogP contribution in [-0.4, -0.2) is 24.4 Å². The largest absolute Gasteiger partial charge is 0.434 e. The smallest absolute Gasteiger partial charge is 0.379 e. The Morgan fingerprint density at radius 1 is 1.32 bits per heavy atom. The van der Waals surface area contributed by atoms with E-state index in [1.807, 2.05) is 0 Å². The number of aryl methyl sites for hydroxylation is 1. The van der Waals surface area contributed by atoms with Gasteiger partial charge in [-0.25, -0.2) is 4.98 Å². The van der Waals surface area contributed by atoms with Crippen molar-refractivity contribution in [2.75, 3.05) is 0 Å². The first kappa shape index (κ1) is 18.9. The molecule has 0 aromatic carbocycles. The second-order valence-corrected chi connectivity index (χ2v) is 7.53. The van der Waals surface area contributed by atoms with E-state index in [1.165, 1.54) is 11.6 Å². The molecule has 3 aromatic rings. The van der Waals surface area contributed by atoms with Gasteiger partial charge in [-0.2, -0.15) is 18.3 Å². The average molecular weight is 413 g/mol. The van der Waals surface area contributed by atoms with Crippen molar-refractivity contribution >= 4 is 22.5 Å². The van der Waals surface area contributed by atoms with Crippen LogP contribution in [0.5, 0.6) is 0 Å². The van der Waals surface area contributed by atoms with Crippen LogP contribution in [0.15, 0.2) is 29.3 Å². The minimum absolute atomic E-state index is 0.0572. The molecule has 1 atom stereocenters. The van der Waals surface area contributed by atoms with Gasteiger partial charge in [-0.3, -0.25) is 9.48 Å². The maximum absolute atomic E-state index is 12.9. The van der Waals surface area contributed by atoms with Gasteiger partial charge in [0.15, 0.2) is 11.2 Å². The molecule has 0 unspecified atom stereocenters. The molecule has 0 spiro atoms. The monoisotopic (exact) mass is 412 g/mol. The van der Waals surface area contributed by atoms with Crippen molar-refractivity contribution < 1.29 is 18.3 Å². The summed E-state index contributed by atoms with van der Waals surface area (Å²) in [6.07, 6.45) is -0.258. The van der Waals surface area contributed by atoms with Gasteiger partial charge in [0.2, 0.25) is 0 Å². The number of aliphatic hydroxyl groups is 1. The van der Waals surface area contributed by atoms with Gasteiger partial charge in [-0.05, 0) is 31.9 Å². The molecule has 0 saturated heterocycles. The zero-order chi connectivity index (χ0) is 20.4. The first-order valence-corrected chi connectivity index (χ1v) is 8.93. The van der Waals surface area contributed by atoms with E-state index in [-0.39, 0.29) is 28.4 Å². The molecule has 10 heteroatoms. The number of pyridine rings is 2. The fourth-order valence-electron chi connectivity index (χ4n) is 3.47. The van der Waals surface area contributed by atoms with E-state index in [4.69, 9.17) is 11.6 Å². The van der Waals surface area contributed by atoms with Crippen molar-refractivity contribution in [3.63, 3.8) is 0 Å². The lowest BCUT2D eigenvalue weighted by molar-refractivity contribution is -0.141. The second-order valence-electron chi connectivity index (χ2n) is 7.12. The maximum Gasteiger partial charge on any atom is 0.434 e. The van der Waals surface area contributed by atoms with Gasteiger partial charge in [0.05, 0.1) is 10.7 Å². The molecule has 3 heterocycles. The number of nitrogens with zero attached hydrogens (tertiary/aromatic N) is 4. The van der Waals surface area contributed by atoms with Crippen LogP contribution in [0.3, 0.4) is 0 Å². The summed E-state index contributed by atoms with van der Waals surface area (Å²) in [7, 11) is 1.56. The quantitative estimate of drug-likeness (QED) is 0.715. The summed E-state index contributed by atoms with van der Waals surface area (Å²) in [5, 5.41) is 15.2. The summed E-state index contributed by atoms with van der Waals surface area (Å²) in [5.74, 6) is 0. The Hall–Kier alpha value is -2.39. The molecule has 1 N–H and O–H groups in total. The van der Waals surface area contributed by atoms with Crippen LogP contribution in [-0.2, 0) is 18.8 Å². The summed E-state index contributed by atoms with van der Waals surface area (Å²) in [4.78, 5) is 16.1. The van der Waals surface area contributed by atoms with E-state index in [0.717, 1.165) is 25.1 Å². The lowest BCUT2D eigenvalue weighted by Crippen LogP contribution is -2.27. The highest BCUT2D eigenvalue weighted by Gasteiger charge is 2.38. The third kappa shape index (κ3) is 2.89. The molecule has 0 aliphatic heterocycles. The fraction of sp³-hybridized carbons (Fsp3) is 0.389. The lowest BCUT2D eigenvalue weighted by atomic mass is 9.91. The van der Waals surface area contributed by atoms with E-state index in [1.54, 1.807) is 23.9 Å². The van der Waals surface area contributed by atoms with Crippen molar-refractivity contribution in [1.82, 2.24) is 19.3 Å². The molecule has 1 aliphatic carbocycles. The van der Waals surface area contributed by atoms with E-state index in [0.29, 0.717) is 5.39 Å². The Bertz CT molecular complexity index is 1150. The molecule has 148 valence electrons. The van der Waals surface area contributed by atoms with E-state index in [9.17, 15) is 23.1 Å². The summed E-state index contributed by atoms with van der Waals surface area (Å²) < 4.78 is 41.7. The third-order valence-corrected chi connectivity index (χ3v) is 5.28. The molecule has 0 radical (unpaired) electrons. The summed E-state index contributed by atoms with van der Waals surface area (Å²) >= 11 is 5.76. The van der Waals surface area contributed by atoms with Crippen LogP contribution >= 0.6 is 11.6 Å². The van der Waals surface area contributed by atoms with Gasteiger partial charge in [0.25, 0.3) is 5.56 Å². The molecular formula is C18H16ClF3N4O2. The molecule has 6 nitrogen and oxygen atoms in total. The molecule has 1 fully saturated rings. The lowest BCUT2D eigenvalue weighted by Gasteiger charge is -2.25. The Balaban J connectivity index is 1.87. The molecule has 0 amide bonds. The number of hydrogen-bond donors (Lipinski definition) is 1. The zero-order valence-corrected chi connectivity index (χ0v) is 15.7. The van der Waals surface area contributed by atoms with Gasteiger partial charge in [0, 0.05) is 36.4 Å². The molecule has 28 heavy (non-hydrogen) atoms. The fourth-order valence-corrected chi connectivity index (χ4v) is 3.74. The molecular weight excluding hydrogens is 397 g/mol. The van der Waals surface area contributed by atoms with Crippen LogP contribution < -0.4 is 5.56 Å². The van der Waals surface area contributed by atoms with Crippen LogP contribution in [0, 0.1) is 0 Å². The Morgan fingerprint density at radius 3 is 2.57 bits per heavy atom. The Morgan fingerprint density at radius 2 is 2.00 bits per heavy atom. The number of alkyl halides is 3. The summed E-state index contributed by atoms with van der Waals surface area (Å²) in [6.45, 7) is 1.40. The van der Waals surface area contributed by atoms with Gasteiger partial charge in [-0.15, -0.1) is 0 Å². The summed E-state index contributed by atoms with van der Waals surface area (Å²) in [5.41, 5.74) is -2.75. The predicted molar refractivity (Wildman–Crippen MR) is 96.2 cm³/mol. The highest BCUT2D eigenvalue weighted by atomic mass is 35.5. The van der Waals surface area contributed by atoms with Crippen molar-refractivity contribution in [1.29, 1.82) is 0 Å². The highest BCUT2D eigenvalue weighted by molar-refractivity contribution is 6.31. The first-order valence-electron chi connectivity index (χ1n) is 8.55. The average Bonchev–Trinajstić information content (AvgIpc) is 3.36. The minimum Gasteiger partial charge on any atom is -0.379 e. The second kappa shape index (κ2) is 6.05. The predicted octanol–water partition coefficient (Wildman–Crippen LogP) is 3.39. The minimum atomic E-state index is -4.70. The van der Waals surface area contributed by atoms with Crippen LogP contribution in [0.4, 0.5) is 13.2 Å². The Labute approximate surface area is 162 Å². The highest BCUT2D eigenvalue weighted by Crippen LogP contribution is 2.38. The van der Waals surface area contributed by atoms with E-state index < -0.39 is 22.5 Å². The topological polar surface area (TPSA) is 72.9 Å². The maximum atomic E-state index is 12.9. The SMILES string of the molecule is Cn1nc2c(=O)n(C3CC3)ccc2c1[C@](C)(O)c1cnc(C(F)(F)F)c(Cl)c1. The number of rotatable bonds is 3. The van der Waals surface area contributed by atoms with Crippen molar-refractivity contribution in [3.8, 4) is 0 Å². The molecule has 4 rings (SSSR count). The normalized spacial score (nSPS) is 17.1. The molecule has 1 aliphatic rings. The summed E-state index contributed by atoms with van der Waals surface area (Å²) in [6, 6.07) is 2.88. The number of fused-ring (bicyclic) bond motifs is 1. The van der Waals surface area contributed by atoms with Crippen molar-refractivity contribution in [3.05, 3.63) is 56.9 Å². The molecule has 1 saturated carbocycles. The number of aromatic nitrogens is 4. The molecule has 0 bridgehead atoms. The van der Waals surface area contributed by atoms with Gasteiger partial charge >= 0.3 is 6.18 Å². The van der Waals surface area contributed by atoms with Gasteiger partial charge in [-0.1, -0.05) is 11.6 Å². The standard InChI is InChI=1S/C18H16ClF3N4O2/c1-17(28,9-7-12(19)14(23-8-9)18(20,21)22)15-11-5-6-26(10-3-4-10)16(27)13(11)24-25(15)2/h5-8,10,28H,3-4H2,1-2H3/t17-/m1/s1. The third-order valence-electron chi connectivity index (χ3n) is 5.00. The van der Waals surface area contributed by atoms with Crippen molar-refractivity contribution in [2.24, 2.45) is 7.05 Å². The first-order chi connectivity index (χ1) is 13.0. The van der Waals surface area contributed by atoms with Crippen LogP contribution in [0.1, 0.15) is 42.8 Å². The van der Waals surface area contributed by atoms with Gasteiger partial charge < -0.3 is 9.67 Å². The zero-order valence-electron chi connectivity index (χ0n) is 15.0. The van der Waals surface area contributed by atoms with Crippen molar-refractivity contribution in [2.45, 2.75) is 37.6 Å². The molecule has 3 aromatic heterocycles. The number of halogens is 4. The van der Waals surface area contributed by atoms with E-state index >= 15 is 0 Å². The van der Waals surface area contributed by atoms with E-state index in [2.05, 4.69) is 10.1 Å². The van der Waals surface area contributed by atoms with Crippen LogP contribution in [0.25, 0.3) is 10.9 Å². The van der Waals surface area contributed by atoms with Crippen LogP contribution in [0.2, 0.25) is 5.02 Å². The van der Waals surface area contributed by atoms with Gasteiger partial charge in [0.1, 0.15) is 5.60 Å². The Kier molecular flexibility index (Phi) is 4.10.